The van der Waals surface area contributed by atoms with Crippen LogP contribution in [0.15, 0.2) is 52.9 Å². The van der Waals surface area contributed by atoms with E-state index in [0.717, 1.165) is 17.3 Å². The summed E-state index contributed by atoms with van der Waals surface area (Å²) in [6.07, 6.45) is 3.07. The molecule has 3 aromatic rings. The molecule has 2 aliphatic rings. The third-order valence-corrected chi connectivity index (χ3v) is 7.46. The van der Waals surface area contributed by atoms with E-state index < -0.39 is 11.9 Å². The maximum Gasteiger partial charge on any atom is 0.273 e. The van der Waals surface area contributed by atoms with Gasteiger partial charge in [0, 0.05) is 46.4 Å². The van der Waals surface area contributed by atoms with Crippen LogP contribution in [0.5, 0.6) is 0 Å². The molecule has 0 bridgehead atoms. The van der Waals surface area contributed by atoms with Crippen LogP contribution in [0.2, 0.25) is 5.02 Å². The molecule has 2 aromatic carbocycles. The maximum atomic E-state index is 14.7. The summed E-state index contributed by atoms with van der Waals surface area (Å²) in [5.41, 5.74) is 12.5. The van der Waals surface area contributed by atoms with E-state index in [1.807, 2.05) is 24.3 Å². The summed E-state index contributed by atoms with van der Waals surface area (Å²) in [7, 11) is 0. The van der Waals surface area contributed by atoms with Crippen LogP contribution >= 0.6 is 11.6 Å². The molecule has 0 spiro atoms. The van der Waals surface area contributed by atoms with E-state index in [-0.39, 0.29) is 59.1 Å². The summed E-state index contributed by atoms with van der Waals surface area (Å²) >= 11 is 6.00. The molecule has 1 aliphatic carbocycles. The number of fused-ring (bicyclic) bond motifs is 2. The molecule has 2 amide bonds. The van der Waals surface area contributed by atoms with E-state index >= 15 is 0 Å². The topological polar surface area (TPSA) is 148 Å². The minimum Gasteiger partial charge on any atom is -0.360 e. The zero-order valence-corrected chi connectivity index (χ0v) is 21.3. The van der Waals surface area contributed by atoms with Gasteiger partial charge in [0.25, 0.3) is 5.84 Å². The quantitative estimate of drug-likeness (QED) is 0.132. The van der Waals surface area contributed by atoms with E-state index in [9.17, 15) is 18.8 Å². The molecule has 1 saturated carbocycles. The number of carbonyl (C=O) groups is 3. The highest BCUT2D eigenvalue weighted by atomic mass is 35.5. The van der Waals surface area contributed by atoms with Crippen molar-refractivity contribution in [3.63, 3.8) is 0 Å². The van der Waals surface area contributed by atoms with E-state index in [4.69, 9.17) is 22.9 Å². The molecular formula is C26H26ClFN7O3+. The number of nitrogens with two attached hydrogens (primary N) is 2. The molecule has 10 nitrogen and oxygen atoms in total. The first kappa shape index (κ1) is 25.5. The number of Topliss-reactive ketones (excluding diaryl/α,β-unsaturated/α-hetero) is 1. The Morgan fingerprint density at radius 2 is 2.00 bits per heavy atom. The zero-order valence-electron chi connectivity index (χ0n) is 20.5. The predicted molar refractivity (Wildman–Crippen MR) is 137 cm³/mol. The highest BCUT2D eigenvalue weighted by Crippen LogP contribution is 2.48. The fourth-order valence-electron chi connectivity index (χ4n) is 5.28. The molecule has 1 aliphatic heterocycles. The molecular weight excluding hydrogens is 513 g/mol. The van der Waals surface area contributed by atoms with Gasteiger partial charge in [-0.1, -0.05) is 29.8 Å². The Morgan fingerprint density at radius 1 is 1.24 bits per heavy atom. The van der Waals surface area contributed by atoms with Crippen LogP contribution in [0.1, 0.15) is 41.3 Å². The van der Waals surface area contributed by atoms with E-state index in [0.29, 0.717) is 17.5 Å². The first-order valence-electron chi connectivity index (χ1n) is 12.1. The van der Waals surface area contributed by atoms with Crippen LogP contribution in [-0.4, -0.2) is 45.0 Å². The smallest absolute Gasteiger partial charge is 0.273 e. The number of nitrogens with one attached hydrogen (secondary N) is 1. The van der Waals surface area contributed by atoms with Gasteiger partial charge in [-0.3, -0.25) is 14.4 Å². The summed E-state index contributed by atoms with van der Waals surface area (Å²) in [6.45, 7) is 1.32. The average Bonchev–Trinajstić information content (AvgIpc) is 3.39. The van der Waals surface area contributed by atoms with Crippen LogP contribution in [0.4, 0.5) is 4.39 Å². The lowest BCUT2D eigenvalue weighted by molar-refractivity contribution is -0.221. The van der Waals surface area contributed by atoms with Crippen LogP contribution in [0.3, 0.4) is 0 Å². The fraction of sp³-hybridized carbons (Fsp3) is 0.308. The first-order valence-corrected chi connectivity index (χ1v) is 12.5. The van der Waals surface area contributed by atoms with Gasteiger partial charge in [-0.25, -0.2) is 4.39 Å². The summed E-state index contributed by atoms with van der Waals surface area (Å²) < 4.78 is 16.4. The molecule has 12 heteroatoms. The van der Waals surface area contributed by atoms with Gasteiger partial charge in [-0.05, 0) is 43.9 Å². The Balaban J connectivity index is 1.32. The molecule has 5 N–H and O–H groups in total. The van der Waals surface area contributed by atoms with Crippen LogP contribution in [0.25, 0.3) is 10.9 Å². The number of hydrogen-bond donors (Lipinski definition) is 3. The Morgan fingerprint density at radius 3 is 2.74 bits per heavy atom. The van der Waals surface area contributed by atoms with Crippen LogP contribution in [0, 0.1) is 11.7 Å². The van der Waals surface area contributed by atoms with E-state index in [1.54, 1.807) is 15.7 Å². The van der Waals surface area contributed by atoms with Crippen molar-refractivity contribution in [1.29, 1.82) is 0 Å². The lowest BCUT2D eigenvalue weighted by Crippen LogP contribution is -2.48. The second-order valence-corrected chi connectivity index (χ2v) is 10.0. The third kappa shape index (κ3) is 4.65. The van der Waals surface area contributed by atoms with Crippen LogP contribution < -0.4 is 16.6 Å². The summed E-state index contributed by atoms with van der Waals surface area (Å²) in [5, 5.41) is 9.97. The average molecular weight is 539 g/mol. The van der Waals surface area contributed by atoms with E-state index in [1.165, 1.54) is 19.1 Å². The minimum absolute atomic E-state index is 0.00196. The molecule has 1 aromatic heterocycles. The van der Waals surface area contributed by atoms with Crippen molar-refractivity contribution in [2.45, 2.75) is 44.9 Å². The first-order chi connectivity index (χ1) is 18.2. The third-order valence-electron chi connectivity index (χ3n) is 7.19. The van der Waals surface area contributed by atoms with Crippen molar-refractivity contribution in [3.05, 3.63) is 70.1 Å². The largest absolute Gasteiger partial charge is 0.360 e. The molecule has 5 rings (SSSR count). The number of likely N-dealkylation sites (tertiary alicyclic amines) is 1. The van der Waals surface area contributed by atoms with Crippen molar-refractivity contribution >= 4 is 45.9 Å². The standard InChI is InChI=1S/C26H25ClFN7O3/c1-13(36)18-11-34(20-5-3-2-4-17(18)20)12-23(37)35-21-8-14(21)9-22(35)26(38)31-10-16-6-15(25(29)32-33-30)7-19(27)24(16)28/h2-7,11,14,21-22H,8-10,12H2,1H3,(H,31,38)(H3,29,30,32)/p+1/t14-,21-,22+/m1/s1. The minimum atomic E-state index is -0.698. The van der Waals surface area contributed by atoms with Crippen molar-refractivity contribution < 1.29 is 24.3 Å². The molecule has 0 unspecified atom stereocenters. The SMILES string of the molecule is CC(=O)c1cn(CC(=O)N2[C@@H]3C[C@@H]3C[C@H]2C(=O)NCc2cc(/C(N)=N/N=[NH2+])cc(Cl)c2F)c2ccccc12. The number of carbonyl (C=O) groups excluding carboxylic acids is 3. The van der Waals surface area contributed by atoms with Gasteiger partial charge in [0.15, 0.2) is 5.78 Å². The van der Waals surface area contributed by atoms with Crippen LogP contribution in [-0.2, 0) is 22.7 Å². The number of ketones is 1. The fourth-order valence-corrected chi connectivity index (χ4v) is 5.52. The second-order valence-electron chi connectivity index (χ2n) is 9.61. The number of rotatable bonds is 8. The number of amidine groups is 1. The summed E-state index contributed by atoms with van der Waals surface area (Å²) in [6, 6.07) is 9.42. The molecule has 2 fully saturated rings. The van der Waals surface area contributed by atoms with Crippen molar-refractivity contribution in [2.75, 3.05) is 0 Å². The summed E-state index contributed by atoms with van der Waals surface area (Å²) in [5.74, 6) is -1.18. The molecule has 2 heterocycles. The Hall–Kier alpha value is -4.12. The van der Waals surface area contributed by atoms with Gasteiger partial charge in [0.1, 0.15) is 23.6 Å². The maximum absolute atomic E-state index is 14.7. The number of piperidine rings is 1. The number of para-hydroxylation sites is 1. The Kier molecular flexibility index (Phi) is 6.70. The lowest BCUT2D eigenvalue weighted by Gasteiger charge is -2.27. The van der Waals surface area contributed by atoms with Crippen molar-refractivity contribution in [1.82, 2.24) is 14.8 Å². The van der Waals surface area contributed by atoms with Crippen molar-refractivity contribution in [3.8, 4) is 0 Å². The lowest BCUT2D eigenvalue weighted by atomic mass is 10.1. The number of aromatic nitrogens is 1. The molecule has 196 valence electrons. The Bertz CT molecular complexity index is 1520. The van der Waals surface area contributed by atoms with Crippen molar-refractivity contribution in [2.24, 2.45) is 22.0 Å². The molecule has 38 heavy (non-hydrogen) atoms. The molecule has 3 atom stereocenters. The van der Waals surface area contributed by atoms with Gasteiger partial charge in [-0.2, -0.15) is 5.53 Å². The number of nitrogens with zero attached hydrogens (tertiary/aromatic N) is 4. The number of amides is 2. The monoisotopic (exact) mass is 538 g/mol. The number of hydrogen-bond acceptors (Lipinski definition) is 4. The zero-order chi connectivity index (χ0) is 27.1. The summed E-state index contributed by atoms with van der Waals surface area (Å²) in [4.78, 5) is 40.4. The number of benzene rings is 2. The highest BCUT2D eigenvalue weighted by Gasteiger charge is 2.55. The molecule has 0 radical (unpaired) electrons. The molecule has 1 saturated heterocycles. The van der Waals surface area contributed by atoms with E-state index in [2.05, 4.69) is 15.6 Å². The predicted octanol–water partition coefficient (Wildman–Crippen LogP) is 1.77. The van der Waals surface area contributed by atoms with Gasteiger partial charge in [-0.15, -0.1) is 0 Å². The van der Waals surface area contributed by atoms with Gasteiger partial charge in [0.05, 0.1) is 10.1 Å². The number of halogens is 2. The normalized spacial score (nSPS) is 20.3. The van der Waals surface area contributed by atoms with Gasteiger partial charge < -0.3 is 20.5 Å². The van der Waals surface area contributed by atoms with Gasteiger partial charge in [0.2, 0.25) is 11.8 Å². The Labute approximate surface area is 222 Å². The highest BCUT2D eigenvalue weighted by molar-refractivity contribution is 6.31. The second kappa shape index (κ2) is 9.97. The van der Waals surface area contributed by atoms with Gasteiger partial charge >= 0.3 is 0 Å².